The molecule has 1 aliphatic rings. The van der Waals surface area contributed by atoms with Gasteiger partial charge in [0.2, 0.25) is 0 Å². The summed E-state index contributed by atoms with van der Waals surface area (Å²) in [6, 6.07) is 1.55. The average molecular weight is 295 g/mol. The molecule has 1 unspecified atom stereocenters. The summed E-state index contributed by atoms with van der Waals surface area (Å²) in [6.07, 6.45) is 1.52. The Hall–Kier alpha value is -1.27. The first kappa shape index (κ1) is 15.8. The highest BCUT2D eigenvalue weighted by atomic mass is 35.5. The van der Waals surface area contributed by atoms with Crippen LogP contribution < -0.4 is 5.73 Å². The van der Waals surface area contributed by atoms with Gasteiger partial charge in [-0.25, -0.2) is 13.2 Å². The summed E-state index contributed by atoms with van der Waals surface area (Å²) >= 11 is 0. The number of halogens is 4. The van der Waals surface area contributed by atoms with Crippen LogP contribution in [-0.4, -0.2) is 29.9 Å². The number of nitrogens with zero attached hydrogens (tertiary/aromatic N) is 1. The number of carbonyl (C=O) groups is 1. The molecule has 1 amide bonds. The summed E-state index contributed by atoms with van der Waals surface area (Å²) in [5.41, 5.74) is 5.06. The number of carbonyl (C=O) groups excluding carboxylic acids is 1. The molecule has 1 atom stereocenters. The van der Waals surface area contributed by atoms with Crippen molar-refractivity contribution in [2.75, 3.05) is 13.1 Å². The molecule has 0 aliphatic carbocycles. The predicted molar refractivity (Wildman–Crippen MR) is 66.7 cm³/mol. The lowest BCUT2D eigenvalue weighted by Gasteiger charge is -2.23. The normalized spacial score (nSPS) is 18.3. The second-order valence-electron chi connectivity index (χ2n) is 4.25. The summed E-state index contributed by atoms with van der Waals surface area (Å²) < 4.78 is 39.4. The lowest BCUT2D eigenvalue weighted by atomic mass is 10.1. The average Bonchev–Trinajstić information content (AvgIpc) is 2.83. The first-order chi connectivity index (χ1) is 8.56. The minimum absolute atomic E-state index is 0. The Morgan fingerprint density at radius 2 is 2.00 bits per heavy atom. The molecule has 0 bridgehead atoms. The zero-order valence-corrected chi connectivity index (χ0v) is 10.9. The van der Waals surface area contributed by atoms with Crippen molar-refractivity contribution in [1.29, 1.82) is 0 Å². The van der Waals surface area contributed by atoms with Crippen molar-refractivity contribution in [3.05, 3.63) is 35.1 Å². The number of amides is 1. The minimum Gasteiger partial charge on any atom is -0.334 e. The first-order valence-electron chi connectivity index (χ1n) is 5.70. The Morgan fingerprint density at radius 1 is 1.32 bits per heavy atom. The molecule has 1 fully saturated rings. The van der Waals surface area contributed by atoms with E-state index in [-0.39, 0.29) is 25.0 Å². The highest BCUT2D eigenvalue weighted by Gasteiger charge is 2.30. The van der Waals surface area contributed by atoms with Crippen LogP contribution >= 0.6 is 12.4 Å². The number of rotatable bonds is 2. The Balaban J connectivity index is 0.00000180. The number of hydrogen-bond acceptors (Lipinski definition) is 2. The van der Waals surface area contributed by atoms with Crippen molar-refractivity contribution in [1.82, 2.24) is 4.90 Å². The molecule has 2 N–H and O–H groups in total. The first-order valence-corrected chi connectivity index (χ1v) is 5.70. The molecule has 7 heteroatoms. The van der Waals surface area contributed by atoms with E-state index in [9.17, 15) is 18.0 Å². The van der Waals surface area contributed by atoms with Gasteiger partial charge in [-0.2, -0.15) is 0 Å². The fraction of sp³-hybridized carbons (Fsp3) is 0.417. The van der Waals surface area contributed by atoms with Gasteiger partial charge >= 0.3 is 0 Å². The predicted octanol–water partition coefficient (Wildman–Crippen LogP) is 2.09. The van der Waals surface area contributed by atoms with E-state index in [2.05, 4.69) is 0 Å². The van der Waals surface area contributed by atoms with Crippen LogP contribution in [0, 0.1) is 17.5 Å². The highest BCUT2D eigenvalue weighted by Crippen LogP contribution is 2.22. The molecule has 0 aromatic heterocycles. The van der Waals surface area contributed by atoms with E-state index in [1.807, 2.05) is 0 Å². The molecule has 0 spiro atoms. The van der Waals surface area contributed by atoms with E-state index < -0.39 is 28.9 Å². The van der Waals surface area contributed by atoms with Crippen LogP contribution in [0.2, 0.25) is 0 Å². The van der Waals surface area contributed by atoms with E-state index in [4.69, 9.17) is 5.73 Å². The zero-order valence-electron chi connectivity index (χ0n) is 10.0. The van der Waals surface area contributed by atoms with Crippen molar-refractivity contribution < 1.29 is 18.0 Å². The molecule has 1 heterocycles. The molecule has 106 valence electrons. The van der Waals surface area contributed by atoms with Crippen molar-refractivity contribution in [3.8, 4) is 0 Å². The molecule has 1 saturated heterocycles. The summed E-state index contributed by atoms with van der Waals surface area (Å²) in [5.74, 6) is -5.01. The molecule has 19 heavy (non-hydrogen) atoms. The van der Waals surface area contributed by atoms with Gasteiger partial charge in [-0.05, 0) is 25.0 Å². The minimum atomic E-state index is -1.62. The molecular formula is C12H14ClF3N2O. The molecule has 0 radical (unpaired) electrons. The maximum atomic E-state index is 13.5. The van der Waals surface area contributed by atoms with E-state index in [0.717, 1.165) is 25.0 Å². The van der Waals surface area contributed by atoms with Crippen LogP contribution in [0.25, 0.3) is 0 Å². The quantitative estimate of drug-likeness (QED) is 0.849. The topological polar surface area (TPSA) is 46.3 Å². The largest absolute Gasteiger partial charge is 0.334 e. The van der Waals surface area contributed by atoms with Gasteiger partial charge in [-0.3, -0.25) is 4.79 Å². The van der Waals surface area contributed by atoms with E-state index >= 15 is 0 Å². The summed E-state index contributed by atoms with van der Waals surface area (Å²) in [4.78, 5) is 13.5. The second-order valence-corrected chi connectivity index (χ2v) is 4.25. The lowest BCUT2D eigenvalue weighted by Crippen LogP contribution is -2.40. The number of likely N-dealkylation sites (tertiary alicyclic amines) is 1. The lowest BCUT2D eigenvalue weighted by molar-refractivity contribution is 0.0735. The van der Waals surface area contributed by atoms with Gasteiger partial charge in [0.25, 0.3) is 5.91 Å². The Bertz CT molecular complexity index is 484. The summed E-state index contributed by atoms with van der Waals surface area (Å²) in [5, 5.41) is 0. The third-order valence-electron chi connectivity index (χ3n) is 3.18. The molecule has 0 saturated carbocycles. The van der Waals surface area contributed by atoms with Crippen molar-refractivity contribution in [2.24, 2.45) is 5.73 Å². The van der Waals surface area contributed by atoms with E-state index in [0.29, 0.717) is 6.54 Å². The van der Waals surface area contributed by atoms with Gasteiger partial charge in [0.05, 0.1) is 5.56 Å². The number of hydrogen-bond donors (Lipinski definition) is 1. The van der Waals surface area contributed by atoms with E-state index in [1.165, 1.54) is 4.90 Å². The molecule has 1 aromatic carbocycles. The maximum absolute atomic E-state index is 13.5. The third kappa shape index (κ3) is 2.84. The zero-order chi connectivity index (χ0) is 13.3. The standard InChI is InChI=1S/C12H13F3N2O.ClH/c13-9-4-3-8(10(14)11(9)15)12(18)17-5-1-2-7(17)6-16;/h3-4,7H,1-2,5-6,16H2;1H. The molecule has 2 rings (SSSR count). The van der Waals surface area contributed by atoms with Crippen LogP contribution in [0.5, 0.6) is 0 Å². The van der Waals surface area contributed by atoms with Crippen molar-refractivity contribution in [2.45, 2.75) is 18.9 Å². The van der Waals surface area contributed by atoms with Crippen LogP contribution in [-0.2, 0) is 0 Å². The van der Waals surface area contributed by atoms with Gasteiger partial charge in [-0.15, -0.1) is 12.4 Å². The smallest absolute Gasteiger partial charge is 0.257 e. The van der Waals surface area contributed by atoms with Crippen LogP contribution in [0.4, 0.5) is 13.2 Å². The summed E-state index contributed by atoms with van der Waals surface area (Å²) in [7, 11) is 0. The molecular weight excluding hydrogens is 281 g/mol. The Labute approximate surface area is 115 Å². The molecule has 1 aliphatic heterocycles. The van der Waals surface area contributed by atoms with Gasteiger partial charge in [-0.1, -0.05) is 0 Å². The van der Waals surface area contributed by atoms with Gasteiger partial charge in [0.15, 0.2) is 17.5 Å². The molecule has 3 nitrogen and oxygen atoms in total. The van der Waals surface area contributed by atoms with Crippen LogP contribution in [0.3, 0.4) is 0 Å². The number of nitrogens with two attached hydrogens (primary N) is 1. The van der Waals surface area contributed by atoms with Crippen LogP contribution in [0.1, 0.15) is 23.2 Å². The Morgan fingerprint density at radius 3 is 2.63 bits per heavy atom. The van der Waals surface area contributed by atoms with Crippen LogP contribution in [0.15, 0.2) is 12.1 Å². The summed E-state index contributed by atoms with van der Waals surface area (Å²) in [6.45, 7) is 0.732. The van der Waals surface area contributed by atoms with Gasteiger partial charge in [0.1, 0.15) is 0 Å². The highest BCUT2D eigenvalue weighted by molar-refractivity contribution is 5.95. The third-order valence-corrected chi connectivity index (χ3v) is 3.18. The van der Waals surface area contributed by atoms with Gasteiger partial charge < -0.3 is 10.6 Å². The van der Waals surface area contributed by atoms with Gasteiger partial charge in [0, 0.05) is 19.1 Å². The van der Waals surface area contributed by atoms with Crippen molar-refractivity contribution >= 4 is 18.3 Å². The fourth-order valence-electron chi connectivity index (χ4n) is 2.19. The second kappa shape index (κ2) is 6.25. The SMILES string of the molecule is Cl.NCC1CCCN1C(=O)c1ccc(F)c(F)c1F. The Kier molecular flexibility index (Phi) is 5.20. The maximum Gasteiger partial charge on any atom is 0.257 e. The molecule has 1 aromatic rings. The number of benzene rings is 1. The van der Waals surface area contributed by atoms with Crippen molar-refractivity contribution in [3.63, 3.8) is 0 Å². The fourth-order valence-corrected chi connectivity index (χ4v) is 2.19. The van der Waals surface area contributed by atoms with E-state index in [1.54, 1.807) is 0 Å². The monoisotopic (exact) mass is 294 g/mol.